The molecule has 0 aliphatic carbocycles. The van der Waals surface area contributed by atoms with E-state index < -0.39 is 0 Å². The maximum atomic E-state index is 5.52. The molecule has 1 aliphatic heterocycles. The zero-order valence-corrected chi connectivity index (χ0v) is 11.1. The maximum Gasteiger partial charge on any atom is 0.0513 e. The predicted octanol–water partition coefficient (Wildman–Crippen LogP) is 2.99. The molecule has 0 spiro atoms. The van der Waals surface area contributed by atoms with Crippen LogP contribution in [0, 0.1) is 19.8 Å². The van der Waals surface area contributed by atoms with Crippen molar-refractivity contribution in [3.8, 4) is 0 Å². The highest BCUT2D eigenvalue weighted by atomic mass is 16.5. The fourth-order valence-electron chi connectivity index (χ4n) is 2.55. The minimum absolute atomic E-state index is 0.446. The Morgan fingerprint density at radius 3 is 2.76 bits per heavy atom. The van der Waals surface area contributed by atoms with Crippen molar-refractivity contribution in [1.29, 1.82) is 0 Å². The molecule has 0 amide bonds. The van der Waals surface area contributed by atoms with Crippen molar-refractivity contribution in [2.24, 2.45) is 5.92 Å². The third kappa shape index (κ3) is 2.88. The molecule has 1 aliphatic rings. The zero-order valence-electron chi connectivity index (χ0n) is 11.1. The Kier molecular flexibility index (Phi) is 4.19. The minimum Gasteiger partial charge on any atom is -0.381 e. The first-order chi connectivity index (χ1) is 8.22. The predicted molar refractivity (Wildman–Crippen MR) is 71.3 cm³/mol. The minimum atomic E-state index is 0.446. The average molecular weight is 233 g/mol. The number of rotatable bonds is 4. The van der Waals surface area contributed by atoms with Crippen LogP contribution in [0.5, 0.6) is 0 Å². The highest BCUT2D eigenvalue weighted by Gasteiger charge is 2.26. The molecule has 2 rings (SSSR count). The number of nitrogens with one attached hydrogen (secondary N) is 1. The smallest absolute Gasteiger partial charge is 0.0513 e. The summed E-state index contributed by atoms with van der Waals surface area (Å²) in [5.74, 6) is 0.622. The van der Waals surface area contributed by atoms with E-state index in [1.807, 2.05) is 0 Å². The van der Waals surface area contributed by atoms with E-state index >= 15 is 0 Å². The highest BCUT2D eigenvalue weighted by Crippen LogP contribution is 2.29. The van der Waals surface area contributed by atoms with Gasteiger partial charge in [-0.15, -0.1) is 0 Å². The Morgan fingerprint density at radius 1 is 1.35 bits per heavy atom. The lowest BCUT2D eigenvalue weighted by Crippen LogP contribution is -2.28. The SMILES string of the molecule is CCNC(c1ccc(C)c(C)c1)C1CCOC1. The maximum absolute atomic E-state index is 5.52. The second-order valence-corrected chi connectivity index (χ2v) is 5.00. The lowest BCUT2D eigenvalue weighted by atomic mass is 9.90. The normalized spacial score (nSPS) is 21.7. The van der Waals surface area contributed by atoms with Crippen molar-refractivity contribution >= 4 is 0 Å². The molecule has 0 radical (unpaired) electrons. The summed E-state index contributed by atoms with van der Waals surface area (Å²) in [5, 5.41) is 3.61. The molecule has 1 fully saturated rings. The first-order valence-electron chi connectivity index (χ1n) is 6.60. The van der Waals surface area contributed by atoms with Crippen molar-refractivity contribution in [3.63, 3.8) is 0 Å². The van der Waals surface area contributed by atoms with Gasteiger partial charge in [0.1, 0.15) is 0 Å². The quantitative estimate of drug-likeness (QED) is 0.863. The van der Waals surface area contributed by atoms with Crippen LogP contribution < -0.4 is 5.32 Å². The van der Waals surface area contributed by atoms with Gasteiger partial charge in [-0.3, -0.25) is 0 Å². The van der Waals surface area contributed by atoms with Crippen LogP contribution >= 0.6 is 0 Å². The van der Waals surface area contributed by atoms with Crippen molar-refractivity contribution in [1.82, 2.24) is 5.32 Å². The summed E-state index contributed by atoms with van der Waals surface area (Å²) in [6, 6.07) is 7.25. The van der Waals surface area contributed by atoms with E-state index in [0.717, 1.165) is 19.8 Å². The molecule has 1 N–H and O–H groups in total. The van der Waals surface area contributed by atoms with E-state index in [9.17, 15) is 0 Å². The number of aryl methyl sites for hydroxylation is 2. The molecule has 2 nitrogen and oxygen atoms in total. The van der Waals surface area contributed by atoms with Crippen molar-refractivity contribution in [3.05, 3.63) is 34.9 Å². The molecule has 17 heavy (non-hydrogen) atoms. The number of hydrogen-bond donors (Lipinski definition) is 1. The van der Waals surface area contributed by atoms with E-state index in [-0.39, 0.29) is 0 Å². The van der Waals surface area contributed by atoms with E-state index in [1.54, 1.807) is 0 Å². The lowest BCUT2D eigenvalue weighted by Gasteiger charge is -2.24. The van der Waals surface area contributed by atoms with Gasteiger partial charge in [-0.05, 0) is 43.5 Å². The monoisotopic (exact) mass is 233 g/mol. The van der Waals surface area contributed by atoms with Gasteiger partial charge >= 0.3 is 0 Å². The molecule has 1 aromatic carbocycles. The topological polar surface area (TPSA) is 21.3 Å². The van der Waals surface area contributed by atoms with Crippen LogP contribution in [0.4, 0.5) is 0 Å². The Hall–Kier alpha value is -0.860. The number of ether oxygens (including phenoxy) is 1. The molecule has 2 heteroatoms. The van der Waals surface area contributed by atoms with Crippen LogP contribution in [0.2, 0.25) is 0 Å². The van der Waals surface area contributed by atoms with Gasteiger partial charge in [0.05, 0.1) is 6.61 Å². The van der Waals surface area contributed by atoms with Crippen LogP contribution in [0.15, 0.2) is 18.2 Å². The first-order valence-corrected chi connectivity index (χ1v) is 6.60. The van der Waals surface area contributed by atoms with Crippen LogP contribution in [-0.4, -0.2) is 19.8 Å². The third-order valence-corrected chi connectivity index (χ3v) is 3.75. The Bertz CT molecular complexity index is 369. The molecule has 0 aromatic heterocycles. The van der Waals surface area contributed by atoms with Crippen molar-refractivity contribution < 1.29 is 4.74 Å². The van der Waals surface area contributed by atoms with Crippen LogP contribution in [0.3, 0.4) is 0 Å². The molecule has 1 heterocycles. The van der Waals surface area contributed by atoms with Gasteiger partial charge in [-0.25, -0.2) is 0 Å². The average Bonchev–Trinajstić information content (AvgIpc) is 2.83. The fourth-order valence-corrected chi connectivity index (χ4v) is 2.55. The molecule has 94 valence electrons. The molecule has 0 saturated carbocycles. The van der Waals surface area contributed by atoms with E-state index in [1.165, 1.54) is 23.1 Å². The zero-order chi connectivity index (χ0) is 12.3. The lowest BCUT2D eigenvalue weighted by molar-refractivity contribution is 0.177. The van der Waals surface area contributed by atoms with Gasteiger partial charge in [0.2, 0.25) is 0 Å². The molecular formula is C15H23NO. The summed E-state index contributed by atoms with van der Waals surface area (Å²) in [6.07, 6.45) is 1.17. The number of hydrogen-bond acceptors (Lipinski definition) is 2. The summed E-state index contributed by atoms with van der Waals surface area (Å²) < 4.78 is 5.52. The van der Waals surface area contributed by atoms with Crippen LogP contribution in [-0.2, 0) is 4.74 Å². The Morgan fingerprint density at radius 2 is 2.18 bits per heavy atom. The van der Waals surface area contributed by atoms with Gasteiger partial charge in [-0.1, -0.05) is 25.1 Å². The molecule has 1 saturated heterocycles. The van der Waals surface area contributed by atoms with Crippen molar-refractivity contribution in [2.45, 2.75) is 33.2 Å². The standard InChI is InChI=1S/C15H23NO/c1-4-16-15(14-7-8-17-10-14)13-6-5-11(2)12(3)9-13/h5-6,9,14-16H,4,7-8,10H2,1-3H3. The third-order valence-electron chi connectivity index (χ3n) is 3.75. The molecule has 2 atom stereocenters. The molecule has 0 bridgehead atoms. The van der Waals surface area contributed by atoms with E-state index in [0.29, 0.717) is 12.0 Å². The van der Waals surface area contributed by atoms with Gasteiger partial charge in [-0.2, -0.15) is 0 Å². The summed E-state index contributed by atoms with van der Waals surface area (Å²) in [6.45, 7) is 9.34. The van der Waals surface area contributed by atoms with Crippen LogP contribution in [0.25, 0.3) is 0 Å². The van der Waals surface area contributed by atoms with Gasteiger partial charge in [0, 0.05) is 18.6 Å². The van der Waals surface area contributed by atoms with E-state index in [2.05, 4.69) is 44.3 Å². The van der Waals surface area contributed by atoms with E-state index in [4.69, 9.17) is 4.74 Å². The van der Waals surface area contributed by atoms with Gasteiger partial charge in [0.25, 0.3) is 0 Å². The van der Waals surface area contributed by atoms with Crippen LogP contribution in [0.1, 0.15) is 36.1 Å². The van der Waals surface area contributed by atoms with Gasteiger partial charge < -0.3 is 10.1 Å². The second-order valence-electron chi connectivity index (χ2n) is 5.00. The first kappa shape index (κ1) is 12.6. The molecule has 2 unspecified atom stereocenters. The summed E-state index contributed by atoms with van der Waals surface area (Å²) >= 11 is 0. The van der Waals surface area contributed by atoms with Gasteiger partial charge in [0.15, 0.2) is 0 Å². The summed E-state index contributed by atoms with van der Waals surface area (Å²) in [5.41, 5.74) is 4.15. The number of benzene rings is 1. The fraction of sp³-hybridized carbons (Fsp3) is 0.600. The molecular weight excluding hydrogens is 210 g/mol. The Labute approximate surface area is 104 Å². The highest BCUT2D eigenvalue weighted by molar-refractivity contribution is 5.32. The second kappa shape index (κ2) is 5.65. The van der Waals surface area contributed by atoms with Crippen molar-refractivity contribution in [2.75, 3.05) is 19.8 Å². The molecule has 1 aromatic rings. The largest absolute Gasteiger partial charge is 0.381 e. The summed E-state index contributed by atoms with van der Waals surface area (Å²) in [7, 11) is 0. The Balaban J connectivity index is 2.21. The summed E-state index contributed by atoms with van der Waals surface area (Å²) in [4.78, 5) is 0.